The normalized spacial score (nSPS) is 15.2. The highest BCUT2D eigenvalue weighted by Gasteiger charge is 2.31. The number of carboxylic acids is 1. The molecule has 1 aliphatic heterocycles. The van der Waals surface area contributed by atoms with Crippen molar-refractivity contribution in [1.82, 2.24) is 0 Å². The van der Waals surface area contributed by atoms with Crippen LogP contribution >= 0.6 is 0 Å². The zero-order valence-electron chi connectivity index (χ0n) is 14.0. The summed E-state index contributed by atoms with van der Waals surface area (Å²) in [5.74, 6) is -0.466. The van der Waals surface area contributed by atoms with Crippen LogP contribution in [-0.4, -0.2) is 30.2 Å². The Balaban J connectivity index is 1.73. The highest BCUT2D eigenvalue weighted by atomic mass is 16.5. The fourth-order valence-electron chi connectivity index (χ4n) is 2.73. The first-order valence-electron chi connectivity index (χ1n) is 7.93. The van der Waals surface area contributed by atoms with E-state index in [9.17, 15) is 9.59 Å². The number of carboxylic acid groups (broad SMARTS) is 1. The van der Waals surface area contributed by atoms with Crippen LogP contribution in [-0.2, 0) is 9.59 Å². The maximum Gasteiger partial charge on any atom is 0.341 e. The summed E-state index contributed by atoms with van der Waals surface area (Å²) < 4.78 is 10.8. The van der Waals surface area contributed by atoms with Gasteiger partial charge in [0.15, 0.2) is 6.61 Å². The van der Waals surface area contributed by atoms with E-state index in [1.54, 1.807) is 24.3 Å². The van der Waals surface area contributed by atoms with Crippen molar-refractivity contribution in [3.8, 4) is 11.5 Å². The van der Waals surface area contributed by atoms with E-state index in [-0.39, 0.29) is 11.8 Å². The smallest absolute Gasteiger partial charge is 0.341 e. The van der Waals surface area contributed by atoms with Crippen LogP contribution in [0.4, 0.5) is 5.69 Å². The minimum Gasteiger partial charge on any atom is -0.492 e. The van der Waals surface area contributed by atoms with Crippen molar-refractivity contribution in [3.05, 3.63) is 53.1 Å². The molecule has 0 fully saturated rings. The predicted molar refractivity (Wildman–Crippen MR) is 92.4 cm³/mol. The summed E-state index contributed by atoms with van der Waals surface area (Å²) in [6, 6.07) is 10.6. The van der Waals surface area contributed by atoms with Crippen LogP contribution in [0, 0.1) is 13.8 Å². The van der Waals surface area contributed by atoms with E-state index in [1.165, 1.54) is 0 Å². The van der Waals surface area contributed by atoms with Crippen molar-refractivity contribution in [3.63, 3.8) is 0 Å². The largest absolute Gasteiger partial charge is 0.492 e. The highest BCUT2D eigenvalue weighted by Crippen LogP contribution is 2.36. The van der Waals surface area contributed by atoms with Crippen LogP contribution in [0.5, 0.6) is 11.5 Å². The first-order chi connectivity index (χ1) is 11.9. The Bertz CT molecular complexity index is 831. The molecule has 0 aromatic heterocycles. The molecule has 0 spiro atoms. The number of nitrogens with one attached hydrogen (secondary N) is 1. The minimum atomic E-state index is -1.06. The second-order valence-electron chi connectivity index (χ2n) is 6.04. The van der Waals surface area contributed by atoms with Gasteiger partial charge in [-0.05, 0) is 43.2 Å². The first kappa shape index (κ1) is 16.8. The Kier molecular flexibility index (Phi) is 4.61. The molecule has 6 nitrogen and oxygen atoms in total. The number of aryl methyl sites for hydroxylation is 2. The number of carbonyl (C=O) groups excluding carboxylic acids is 1. The summed E-state index contributed by atoms with van der Waals surface area (Å²) in [6.45, 7) is 3.89. The second kappa shape index (κ2) is 6.84. The Hall–Kier alpha value is -3.02. The van der Waals surface area contributed by atoms with E-state index >= 15 is 0 Å². The Morgan fingerprint density at radius 2 is 2.00 bits per heavy atom. The summed E-state index contributed by atoms with van der Waals surface area (Å²) in [7, 11) is 0. The topological polar surface area (TPSA) is 84.9 Å². The van der Waals surface area contributed by atoms with Crippen LogP contribution < -0.4 is 14.8 Å². The van der Waals surface area contributed by atoms with Crippen molar-refractivity contribution in [2.75, 3.05) is 18.5 Å². The molecule has 25 heavy (non-hydrogen) atoms. The second-order valence-corrected chi connectivity index (χ2v) is 6.04. The molecule has 6 heteroatoms. The van der Waals surface area contributed by atoms with Gasteiger partial charge in [-0.15, -0.1) is 0 Å². The van der Waals surface area contributed by atoms with Gasteiger partial charge >= 0.3 is 5.97 Å². The molecule has 1 heterocycles. The molecule has 1 atom stereocenters. The van der Waals surface area contributed by atoms with Gasteiger partial charge in [0.1, 0.15) is 24.0 Å². The summed E-state index contributed by atoms with van der Waals surface area (Å²) >= 11 is 0. The summed E-state index contributed by atoms with van der Waals surface area (Å²) in [4.78, 5) is 23.2. The lowest BCUT2D eigenvalue weighted by Crippen LogP contribution is -2.22. The van der Waals surface area contributed by atoms with E-state index in [1.807, 2.05) is 26.0 Å². The molecule has 3 rings (SSSR count). The van der Waals surface area contributed by atoms with E-state index in [2.05, 4.69) is 5.32 Å². The third-order valence-electron chi connectivity index (χ3n) is 4.19. The quantitative estimate of drug-likeness (QED) is 0.873. The van der Waals surface area contributed by atoms with E-state index in [0.29, 0.717) is 18.0 Å². The lowest BCUT2D eigenvalue weighted by molar-refractivity contribution is -0.139. The molecular formula is C19H19NO5. The Labute approximate surface area is 145 Å². The van der Waals surface area contributed by atoms with Gasteiger partial charge in [0.05, 0.1) is 0 Å². The zero-order chi connectivity index (χ0) is 18.0. The molecule has 0 saturated heterocycles. The van der Waals surface area contributed by atoms with Crippen molar-refractivity contribution < 1.29 is 24.2 Å². The fraction of sp³-hybridized carbons (Fsp3) is 0.263. The molecule has 0 bridgehead atoms. The van der Waals surface area contributed by atoms with Crippen molar-refractivity contribution in [1.29, 1.82) is 0 Å². The van der Waals surface area contributed by atoms with Crippen LogP contribution in [0.25, 0.3) is 0 Å². The van der Waals surface area contributed by atoms with Gasteiger partial charge in [-0.25, -0.2) is 4.79 Å². The molecule has 130 valence electrons. The van der Waals surface area contributed by atoms with Gasteiger partial charge in [0.25, 0.3) is 0 Å². The fourth-order valence-corrected chi connectivity index (χ4v) is 2.73. The zero-order valence-corrected chi connectivity index (χ0v) is 14.0. The average Bonchev–Trinajstić information content (AvgIpc) is 2.96. The number of carbonyl (C=O) groups is 2. The lowest BCUT2D eigenvalue weighted by atomic mass is 9.96. The average molecular weight is 341 g/mol. The number of hydrogen-bond acceptors (Lipinski definition) is 4. The molecule has 0 radical (unpaired) electrons. The van der Waals surface area contributed by atoms with Gasteiger partial charge in [-0.2, -0.15) is 0 Å². The van der Waals surface area contributed by atoms with Gasteiger partial charge in [0.2, 0.25) is 5.91 Å². The van der Waals surface area contributed by atoms with Crippen molar-refractivity contribution in [2.45, 2.75) is 19.8 Å². The molecule has 0 aliphatic carbocycles. The number of ether oxygens (including phenoxy) is 2. The molecule has 1 amide bonds. The highest BCUT2D eigenvalue weighted by molar-refractivity contribution is 5.97. The van der Waals surface area contributed by atoms with Gasteiger partial charge in [-0.1, -0.05) is 12.1 Å². The van der Waals surface area contributed by atoms with Gasteiger partial charge in [-0.3, -0.25) is 4.79 Å². The Morgan fingerprint density at radius 3 is 2.76 bits per heavy atom. The monoisotopic (exact) mass is 341 g/mol. The van der Waals surface area contributed by atoms with Crippen LogP contribution in [0.1, 0.15) is 22.6 Å². The SMILES string of the molecule is Cc1cc2c(cc1C)C(C(=O)Nc1cccc(OCC(=O)O)c1)CO2. The molecule has 2 aromatic rings. The molecule has 1 aliphatic rings. The summed E-state index contributed by atoms with van der Waals surface area (Å²) in [5, 5.41) is 11.5. The van der Waals surface area contributed by atoms with Crippen LogP contribution in [0.2, 0.25) is 0 Å². The Morgan fingerprint density at radius 1 is 1.24 bits per heavy atom. The summed E-state index contributed by atoms with van der Waals surface area (Å²) in [5.41, 5.74) is 3.68. The molecule has 1 unspecified atom stereocenters. The van der Waals surface area contributed by atoms with E-state index in [4.69, 9.17) is 14.6 Å². The minimum absolute atomic E-state index is 0.169. The molecular weight excluding hydrogens is 322 g/mol. The molecule has 0 saturated carbocycles. The number of aliphatic carboxylic acids is 1. The van der Waals surface area contributed by atoms with Gasteiger partial charge in [0, 0.05) is 17.3 Å². The van der Waals surface area contributed by atoms with E-state index in [0.717, 1.165) is 22.4 Å². The third kappa shape index (κ3) is 3.74. The predicted octanol–water partition coefficient (Wildman–Crippen LogP) is 2.88. The third-order valence-corrected chi connectivity index (χ3v) is 4.19. The first-order valence-corrected chi connectivity index (χ1v) is 7.93. The van der Waals surface area contributed by atoms with Crippen molar-refractivity contribution in [2.24, 2.45) is 0 Å². The van der Waals surface area contributed by atoms with Crippen LogP contribution in [0.15, 0.2) is 36.4 Å². The number of fused-ring (bicyclic) bond motifs is 1. The lowest BCUT2D eigenvalue weighted by Gasteiger charge is -2.12. The molecule has 2 N–H and O–H groups in total. The van der Waals surface area contributed by atoms with Crippen LogP contribution in [0.3, 0.4) is 0 Å². The number of hydrogen-bond donors (Lipinski definition) is 2. The standard InChI is InChI=1S/C19H19NO5/c1-11-6-15-16(9-25-17(15)7-12(11)2)19(23)20-13-4-3-5-14(8-13)24-10-18(21)22/h3-8,16H,9-10H2,1-2H3,(H,20,23)(H,21,22). The number of amides is 1. The van der Waals surface area contributed by atoms with E-state index < -0.39 is 12.6 Å². The number of rotatable bonds is 5. The van der Waals surface area contributed by atoms with Gasteiger partial charge < -0.3 is 19.9 Å². The van der Waals surface area contributed by atoms with Crippen molar-refractivity contribution >= 4 is 17.6 Å². The maximum atomic E-state index is 12.6. The number of anilines is 1. The number of benzene rings is 2. The molecule has 2 aromatic carbocycles. The summed E-state index contributed by atoms with van der Waals surface area (Å²) in [6.07, 6.45) is 0. The maximum absolute atomic E-state index is 12.6.